The van der Waals surface area contributed by atoms with Crippen LogP contribution in [0.15, 0.2) is 60.7 Å². The average molecular weight is 420 g/mol. The van der Waals surface area contributed by atoms with Crippen molar-refractivity contribution in [2.75, 3.05) is 18.0 Å². The van der Waals surface area contributed by atoms with Crippen LogP contribution >= 0.6 is 0 Å². The molecular weight excluding hydrogens is 386 g/mol. The summed E-state index contributed by atoms with van der Waals surface area (Å²) in [6, 6.07) is 17.8. The van der Waals surface area contributed by atoms with E-state index in [2.05, 4.69) is 29.4 Å². The van der Waals surface area contributed by atoms with Crippen molar-refractivity contribution in [3.8, 4) is 0 Å². The van der Waals surface area contributed by atoms with Gasteiger partial charge in [-0.15, -0.1) is 0 Å². The third-order valence-electron chi connectivity index (χ3n) is 5.92. The molecule has 5 nitrogen and oxygen atoms in total. The zero-order chi connectivity index (χ0) is 22.2. The van der Waals surface area contributed by atoms with Gasteiger partial charge < -0.3 is 15.5 Å². The molecule has 0 radical (unpaired) electrons. The third-order valence-corrected chi connectivity index (χ3v) is 5.92. The molecule has 0 aromatic heterocycles. The number of benzene rings is 2. The summed E-state index contributed by atoms with van der Waals surface area (Å²) in [5, 5.41) is 6.21. The Balaban J connectivity index is 1.55. The van der Waals surface area contributed by atoms with Gasteiger partial charge in [-0.25, -0.2) is 0 Å². The molecule has 1 heterocycles. The second-order valence-corrected chi connectivity index (χ2v) is 8.54. The van der Waals surface area contributed by atoms with Crippen LogP contribution in [0.25, 0.3) is 6.08 Å². The summed E-state index contributed by atoms with van der Waals surface area (Å²) in [6.07, 6.45) is 5.13. The average Bonchev–Trinajstić information content (AvgIpc) is 2.79. The van der Waals surface area contributed by atoms with E-state index in [4.69, 9.17) is 0 Å². The van der Waals surface area contributed by atoms with Gasteiger partial charge in [-0.2, -0.15) is 0 Å². The number of piperidine rings is 1. The molecule has 1 aliphatic rings. The largest absolute Gasteiger partial charge is 0.371 e. The number of rotatable bonds is 7. The fourth-order valence-electron chi connectivity index (χ4n) is 3.64. The SMILES string of the molecule is CC(C)[C@H](C)NC(=O)c1ccccc1N1CCC(NC(=O)/C=C/c2ccccc2)CC1. The van der Waals surface area contributed by atoms with Gasteiger partial charge in [0.05, 0.1) is 5.56 Å². The molecule has 31 heavy (non-hydrogen) atoms. The van der Waals surface area contributed by atoms with Crippen molar-refractivity contribution in [2.45, 2.75) is 45.7 Å². The highest BCUT2D eigenvalue weighted by Gasteiger charge is 2.24. The Hall–Kier alpha value is -3.08. The van der Waals surface area contributed by atoms with Crippen LogP contribution in [0.3, 0.4) is 0 Å². The Labute approximate surface area is 185 Å². The van der Waals surface area contributed by atoms with Gasteiger partial charge in [-0.05, 0) is 49.5 Å². The standard InChI is InChI=1S/C26H33N3O2/c1-19(2)20(3)27-26(31)23-11-7-8-12-24(23)29-17-15-22(16-18-29)28-25(30)14-13-21-9-5-4-6-10-21/h4-14,19-20,22H,15-18H2,1-3H3,(H,27,31)(H,28,30)/b14-13+/t20-/m0/s1. The van der Waals surface area contributed by atoms with Crippen LogP contribution in [0.1, 0.15) is 49.5 Å². The summed E-state index contributed by atoms with van der Waals surface area (Å²) >= 11 is 0. The first kappa shape index (κ1) is 22.6. The smallest absolute Gasteiger partial charge is 0.253 e. The highest BCUT2D eigenvalue weighted by molar-refractivity contribution is 6.00. The molecule has 1 saturated heterocycles. The summed E-state index contributed by atoms with van der Waals surface area (Å²) in [7, 11) is 0. The Kier molecular flexibility index (Phi) is 7.88. The van der Waals surface area contributed by atoms with E-state index in [1.807, 2.05) is 67.6 Å². The van der Waals surface area contributed by atoms with Crippen LogP contribution in [-0.2, 0) is 4.79 Å². The first-order chi connectivity index (χ1) is 14.9. The van der Waals surface area contributed by atoms with Crippen molar-refractivity contribution in [3.05, 3.63) is 71.8 Å². The van der Waals surface area contributed by atoms with Crippen molar-refractivity contribution in [3.63, 3.8) is 0 Å². The lowest BCUT2D eigenvalue weighted by atomic mass is 10.0. The molecule has 1 aliphatic heterocycles. The predicted octanol–water partition coefficient (Wildman–Crippen LogP) is 4.26. The first-order valence-electron chi connectivity index (χ1n) is 11.1. The summed E-state index contributed by atoms with van der Waals surface area (Å²) in [6.45, 7) is 7.84. The Morgan fingerprint density at radius 1 is 0.968 bits per heavy atom. The minimum atomic E-state index is -0.0650. The van der Waals surface area contributed by atoms with E-state index in [0.717, 1.165) is 37.2 Å². The van der Waals surface area contributed by atoms with Crippen LogP contribution in [0, 0.1) is 5.92 Å². The number of hydrogen-bond acceptors (Lipinski definition) is 3. The fraction of sp³-hybridized carbons (Fsp3) is 0.385. The van der Waals surface area contributed by atoms with Crippen molar-refractivity contribution in [2.24, 2.45) is 5.92 Å². The van der Waals surface area contributed by atoms with Gasteiger partial charge in [0, 0.05) is 36.9 Å². The fourth-order valence-corrected chi connectivity index (χ4v) is 3.64. The molecule has 0 aliphatic carbocycles. The highest BCUT2D eigenvalue weighted by atomic mass is 16.2. The van der Waals surface area contributed by atoms with E-state index >= 15 is 0 Å². The van der Waals surface area contributed by atoms with E-state index in [1.54, 1.807) is 6.08 Å². The van der Waals surface area contributed by atoms with Crippen LogP contribution in [0.5, 0.6) is 0 Å². The second kappa shape index (κ2) is 10.8. The molecule has 2 aromatic carbocycles. The van der Waals surface area contributed by atoms with Gasteiger partial charge in [0.15, 0.2) is 0 Å². The van der Waals surface area contributed by atoms with Crippen molar-refractivity contribution in [1.29, 1.82) is 0 Å². The van der Waals surface area contributed by atoms with E-state index in [9.17, 15) is 9.59 Å². The lowest BCUT2D eigenvalue weighted by Crippen LogP contribution is -2.45. The molecule has 2 aromatic rings. The molecule has 2 amide bonds. The summed E-state index contributed by atoms with van der Waals surface area (Å²) in [5.74, 6) is 0.287. The molecule has 164 valence electrons. The lowest BCUT2D eigenvalue weighted by Gasteiger charge is -2.35. The molecule has 0 spiro atoms. The monoisotopic (exact) mass is 419 g/mol. The molecule has 1 atom stereocenters. The quantitative estimate of drug-likeness (QED) is 0.659. The predicted molar refractivity (Wildman–Crippen MR) is 127 cm³/mol. The maximum atomic E-state index is 12.8. The highest BCUT2D eigenvalue weighted by Crippen LogP contribution is 2.24. The zero-order valence-corrected chi connectivity index (χ0v) is 18.7. The van der Waals surface area contributed by atoms with Crippen molar-refractivity contribution < 1.29 is 9.59 Å². The minimum absolute atomic E-state index is 0.0294. The molecule has 5 heteroatoms. The maximum Gasteiger partial charge on any atom is 0.253 e. The van der Waals surface area contributed by atoms with E-state index < -0.39 is 0 Å². The number of carbonyl (C=O) groups excluding carboxylic acids is 2. The topological polar surface area (TPSA) is 61.4 Å². The number of carbonyl (C=O) groups is 2. The van der Waals surface area contributed by atoms with Gasteiger partial charge >= 0.3 is 0 Å². The van der Waals surface area contributed by atoms with Gasteiger partial charge in [0.2, 0.25) is 5.91 Å². The number of nitrogens with one attached hydrogen (secondary N) is 2. The van der Waals surface area contributed by atoms with Crippen LogP contribution < -0.4 is 15.5 Å². The summed E-state index contributed by atoms with van der Waals surface area (Å²) < 4.78 is 0. The lowest BCUT2D eigenvalue weighted by molar-refractivity contribution is -0.117. The minimum Gasteiger partial charge on any atom is -0.371 e. The van der Waals surface area contributed by atoms with Gasteiger partial charge in [0.1, 0.15) is 0 Å². The Morgan fingerprint density at radius 2 is 1.61 bits per heavy atom. The Morgan fingerprint density at radius 3 is 2.29 bits per heavy atom. The summed E-state index contributed by atoms with van der Waals surface area (Å²) in [4.78, 5) is 27.3. The number of para-hydroxylation sites is 1. The molecule has 3 rings (SSSR count). The molecule has 0 unspecified atom stereocenters. The third kappa shape index (κ3) is 6.45. The molecule has 0 saturated carbocycles. The van der Waals surface area contributed by atoms with Crippen LogP contribution in [0.4, 0.5) is 5.69 Å². The van der Waals surface area contributed by atoms with E-state index in [-0.39, 0.29) is 23.9 Å². The van der Waals surface area contributed by atoms with Gasteiger partial charge in [0.25, 0.3) is 5.91 Å². The molecule has 1 fully saturated rings. The molecule has 0 bridgehead atoms. The maximum absolute atomic E-state index is 12.8. The van der Waals surface area contributed by atoms with Crippen LogP contribution in [0.2, 0.25) is 0 Å². The molecular formula is C26H33N3O2. The normalized spacial score (nSPS) is 15.8. The van der Waals surface area contributed by atoms with Crippen molar-refractivity contribution in [1.82, 2.24) is 10.6 Å². The van der Waals surface area contributed by atoms with Gasteiger partial charge in [-0.3, -0.25) is 9.59 Å². The van der Waals surface area contributed by atoms with E-state index in [0.29, 0.717) is 11.5 Å². The summed E-state index contributed by atoms with van der Waals surface area (Å²) in [5.41, 5.74) is 2.68. The van der Waals surface area contributed by atoms with Crippen molar-refractivity contribution >= 4 is 23.6 Å². The number of nitrogens with zero attached hydrogens (tertiary/aromatic N) is 1. The van der Waals surface area contributed by atoms with Gasteiger partial charge in [-0.1, -0.05) is 56.3 Å². The number of anilines is 1. The Bertz CT molecular complexity index is 900. The number of amides is 2. The van der Waals surface area contributed by atoms with Crippen LogP contribution in [-0.4, -0.2) is 37.0 Å². The number of hydrogen-bond donors (Lipinski definition) is 2. The first-order valence-corrected chi connectivity index (χ1v) is 11.1. The van der Waals surface area contributed by atoms with E-state index in [1.165, 1.54) is 0 Å². The zero-order valence-electron chi connectivity index (χ0n) is 18.7. The molecule has 2 N–H and O–H groups in total. The second-order valence-electron chi connectivity index (χ2n) is 8.54.